The van der Waals surface area contributed by atoms with Gasteiger partial charge in [-0.2, -0.15) is 4.98 Å². The summed E-state index contributed by atoms with van der Waals surface area (Å²) < 4.78 is 43.7. The standard InChI is InChI=1S/C21H18ClFN6O3S/c1-11(2)29-19-16(10-25-21(24)27-19)26-18(20(29)30)12-7-8-15(14(23)9-12)28-33(31,32)17-6-4-3-5-13(17)22/h3-11,28H,1-2H3,(H2,24,25,27). The minimum absolute atomic E-state index is 0.000478. The molecule has 12 heteroatoms. The van der Waals surface area contributed by atoms with Crippen molar-refractivity contribution in [1.29, 1.82) is 0 Å². The fourth-order valence-corrected chi connectivity index (χ4v) is 4.88. The number of benzene rings is 2. The molecule has 0 aliphatic heterocycles. The van der Waals surface area contributed by atoms with Gasteiger partial charge in [-0.15, -0.1) is 0 Å². The summed E-state index contributed by atoms with van der Waals surface area (Å²) in [7, 11) is -4.13. The van der Waals surface area contributed by atoms with E-state index in [1.54, 1.807) is 19.9 Å². The molecule has 170 valence electrons. The maximum atomic E-state index is 14.9. The number of halogens is 2. The van der Waals surface area contributed by atoms with E-state index in [2.05, 4.69) is 19.7 Å². The number of aromatic nitrogens is 4. The van der Waals surface area contributed by atoms with Crippen LogP contribution in [0.15, 0.2) is 58.4 Å². The number of sulfonamides is 1. The van der Waals surface area contributed by atoms with Crippen LogP contribution in [0.3, 0.4) is 0 Å². The van der Waals surface area contributed by atoms with Crippen LogP contribution in [-0.2, 0) is 10.0 Å². The molecule has 0 bridgehead atoms. The van der Waals surface area contributed by atoms with Gasteiger partial charge in [-0.3, -0.25) is 14.1 Å². The van der Waals surface area contributed by atoms with Crippen molar-refractivity contribution >= 4 is 44.4 Å². The Hall–Kier alpha value is -3.57. The summed E-state index contributed by atoms with van der Waals surface area (Å²) in [6.45, 7) is 3.58. The van der Waals surface area contributed by atoms with Gasteiger partial charge in [-0.1, -0.05) is 29.8 Å². The van der Waals surface area contributed by atoms with Gasteiger partial charge in [0.1, 0.15) is 21.9 Å². The van der Waals surface area contributed by atoms with Crippen LogP contribution in [0.1, 0.15) is 19.9 Å². The molecule has 0 saturated carbocycles. The molecule has 0 aliphatic rings. The number of nitrogen functional groups attached to an aromatic ring is 1. The number of hydrogen-bond acceptors (Lipinski definition) is 7. The van der Waals surface area contributed by atoms with E-state index in [9.17, 15) is 17.6 Å². The van der Waals surface area contributed by atoms with Crippen molar-refractivity contribution in [3.8, 4) is 11.3 Å². The molecule has 0 saturated heterocycles. The molecular weight excluding hydrogens is 471 g/mol. The second-order valence-electron chi connectivity index (χ2n) is 7.40. The minimum atomic E-state index is -4.13. The number of nitrogens with one attached hydrogen (secondary N) is 1. The predicted octanol–water partition coefficient (Wildman–Crippen LogP) is 3.61. The normalized spacial score (nSPS) is 11.8. The van der Waals surface area contributed by atoms with Crippen LogP contribution >= 0.6 is 11.6 Å². The largest absolute Gasteiger partial charge is 0.368 e. The van der Waals surface area contributed by atoms with Gasteiger partial charge in [0.2, 0.25) is 5.95 Å². The Balaban J connectivity index is 1.79. The maximum Gasteiger partial charge on any atom is 0.278 e. The van der Waals surface area contributed by atoms with E-state index < -0.39 is 21.4 Å². The lowest BCUT2D eigenvalue weighted by Crippen LogP contribution is -2.26. The van der Waals surface area contributed by atoms with E-state index in [4.69, 9.17) is 17.3 Å². The Labute approximate surface area is 193 Å². The van der Waals surface area contributed by atoms with Crippen molar-refractivity contribution in [2.24, 2.45) is 0 Å². The fourth-order valence-electron chi connectivity index (χ4n) is 3.29. The SMILES string of the molecule is CC(C)n1c(=O)c(-c2ccc(NS(=O)(=O)c3ccccc3Cl)c(F)c2)nc2cnc(N)nc21. The molecule has 9 nitrogen and oxygen atoms in total. The molecule has 2 heterocycles. The number of anilines is 2. The van der Waals surface area contributed by atoms with Gasteiger partial charge in [0.15, 0.2) is 5.65 Å². The van der Waals surface area contributed by atoms with E-state index in [0.717, 1.165) is 6.07 Å². The highest BCUT2D eigenvalue weighted by atomic mass is 35.5. The molecule has 4 rings (SSSR count). The molecule has 0 unspecified atom stereocenters. The molecular formula is C21H18ClFN6O3S. The molecule has 0 spiro atoms. The zero-order valence-electron chi connectivity index (χ0n) is 17.5. The molecule has 2 aromatic heterocycles. The van der Waals surface area contributed by atoms with Crippen LogP contribution in [-0.4, -0.2) is 27.9 Å². The number of hydrogen-bond donors (Lipinski definition) is 2. The van der Waals surface area contributed by atoms with Crippen molar-refractivity contribution in [2.45, 2.75) is 24.8 Å². The summed E-state index contributed by atoms with van der Waals surface area (Å²) in [6, 6.07) is 9.15. The number of fused-ring (bicyclic) bond motifs is 1. The lowest BCUT2D eigenvalue weighted by molar-refractivity contribution is 0.593. The van der Waals surface area contributed by atoms with Gasteiger partial charge in [0.05, 0.1) is 16.9 Å². The van der Waals surface area contributed by atoms with Crippen LogP contribution in [0.5, 0.6) is 0 Å². The summed E-state index contributed by atoms with van der Waals surface area (Å²) >= 11 is 5.96. The van der Waals surface area contributed by atoms with Gasteiger partial charge < -0.3 is 5.73 Å². The molecule has 33 heavy (non-hydrogen) atoms. The van der Waals surface area contributed by atoms with E-state index in [1.165, 1.54) is 41.1 Å². The van der Waals surface area contributed by atoms with E-state index in [0.29, 0.717) is 5.52 Å². The summed E-state index contributed by atoms with van der Waals surface area (Å²) in [6.07, 6.45) is 1.38. The summed E-state index contributed by atoms with van der Waals surface area (Å²) in [5.41, 5.74) is 5.53. The van der Waals surface area contributed by atoms with E-state index in [-0.39, 0.29) is 44.5 Å². The predicted molar refractivity (Wildman–Crippen MR) is 124 cm³/mol. The molecule has 2 aromatic carbocycles. The molecule has 0 amide bonds. The summed E-state index contributed by atoms with van der Waals surface area (Å²) in [4.78, 5) is 25.3. The summed E-state index contributed by atoms with van der Waals surface area (Å²) in [5, 5.41) is -0.000478. The van der Waals surface area contributed by atoms with Crippen LogP contribution in [0.2, 0.25) is 5.02 Å². The fraction of sp³-hybridized carbons (Fsp3) is 0.143. The third-order valence-electron chi connectivity index (χ3n) is 4.78. The summed E-state index contributed by atoms with van der Waals surface area (Å²) in [5.74, 6) is -0.902. The van der Waals surface area contributed by atoms with Gasteiger partial charge in [-0.25, -0.2) is 22.8 Å². The van der Waals surface area contributed by atoms with Crippen LogP contribution in [0, 0.1) is 5.82 Å². The zero-order valence-corrected chi connectivity index (χ0v) is 19.0. The first kappa shape index (κ1) is 22.6. The van der Waals surface area contributed by atoms with Crippen LogP contribution in [0.25, 0.3) is 22.4 Å². The average Bonchev–Trinajstić information content (AvgIpc) is 2.74. The highest BCUT2D eigenvalue weighted by Crippen LogP contribution is 2.27. The van der Waals surface area contributed by atoms with Gasteiger partial charge >= 0.3 is 0 Å². The smallest absolute Gasteiger partial charge is 0.278 e. The molecule has 0 aliphatic carbocycles. The van der Waals surface area contributed by atoms with Crippen molar-refractivity contribution in [2.75, 3.05) is 10.5 Å². The average molecular weight is 489 g/mol. The second kappa shape index (κ2) is 8.41. The Kier molecular flexibility index (Phi) is 5.76. The van der Waals surface area contributed by atoms with Gasteiger partial charge in [-0.05, 0) is 38.1 Å². The van der Waals surface area contributed by atoms with Gasteiger partial charge in [0, 0.05) is 11.6 Å². The highest BCUT2D eigenvalue weighted by molar-refractivity contribution is 7.92. The minimum Gasteiger partial charge on any atom is -0.368 e. The topological polar surface area (TPSA) is 133 Å². The van der Waals surface area contributed by atoms with E-state index in [1.807, 2.05) is 0 Å². The number of nitrogens with two attached hydrogens (primary N) is 1. The lowest BCUT2D eigenvalue weighted by atomic mass is 10.1. The number of rotatable bonds is 5. The molecule has 0 atom stereocenters. The molecule has 4 aromatic rings. The lowest BCUT2D eigenvalue weighted by Gasteiger charge is -2.15. The Morgan fingerprint density at radius 3 is 2.55 bits per heavy atom. The third-order valence-corrected chi connectivity index (χ3v) is 6.65. The van der Waals surface area contributed by atoms with Crippen molar-refractivity contribution in [3.63, 3.8) is 0 Å². The first-order valence-electron chi connectivity index (χ1n) is 9.70. The van der Waals surface area contributed by atoms with Crippen molar-refractivity contribution in [1.82, 2.24) is 19.5 Å². The monoisotopic (exact) mass is 488 g/mol. The Morgan fingerprint density at radius 2 is 1.88 bits per heavy atom. The Morgan fingerprint density at radius 1 is 1.15 bits per heavy atom. The molecule has 0 fully saturated rings. The second-order valence-corrected chi connectivity index (χ2v) is 9.45. The van der Waals surface area contributed by atoms with Crippen LogP contribution < -0.4 is 16.0 Å². The third kappa shape index (κ3) is 4.24. The first-order valence-corrected chi connectivity index (χ1v) is 11.6. The van der Waals surface area contributed by atoms with E-state index >= 15 is 0 Å². The first-order chi connectivity index (χ1) is 15.6. The zero-order chi connectivity index (χ0) is 23.9. The van der Waals surface area contributed by atoms with Crippen LogP contribution in [0.4, 0.5) is 16.0 Å². The maximum absolute atomic E-state index is 14.9. The van der Waals surface area contributed by atoms with Gasteiger partial charge in [0.25, 0.3) is 15.6 Å². The van der Waals surface area contributed by atoms with Crippen molar-refractivity contribution < 1.29 is 12.8 Å². The Bertz CT molecular complexity index is 1560. The number of nitrogens with zero attached hydrogens (tertiary/aromatic N) is 4. The quantitative estimate of drug-likeness (QED) is 0.438. The highest BCUT2D eigenvalue weighted by Gasteiger charge is 2.21. The molecule has 3 N–H and O–H groups in total. The molecule has 0 radical (unpaired) electrons. The van der Waals surface area contributed by atoms with Crippen molar-refractivity contribution in [3.05, 3.63) is 69.9 Å².